The molecule has 3 aliphatic heterocycles. The normalized spacial score (nSPS) is 11.5. The summed E-state index contributed by atoms with van der Waals surface area (Å²) in [5, 5.41) is 41.3. The van der Waals surface area contributed by atoms with E-state index in [1.54, 1.807) is 48.5 Å². The molecule has 70 heavy (non-hydrogen) atoms. The van der Waals surface area contributed by atoms with E-state index in [0.717, 1.165) is 17.1 Å². The summed E-state index contributed by atoms with van der Waals surface area (Å²) in [6.07, 6.45) is 0.633. The van der Waals surface area contributed by atoms with E-state index in [-0.39, 0.29) is 120 Å². The van der Waals surface area contributed by atoms with Crippen molar-refractivity contribution in [2.45, 2.75) is 66.2 Å². The molecule has 0 saturated heterocycles. The minimum Gasteiger partial charge on any atom is -0.504 e. The summed E-state index contributed by atoms with van der Waals surface area (Å²) in [4.78, 5) is 67.6. The zero-order chi connectivity index (χ0) is 49.2. The van der Waals surface area contributed by atoms with Crippen molar-refractivity contribution in [2.75, 3.05) is 36.7 Å². The molecule has 0 bridgehead atoms. The summed E-state index contributed by atoms with van der Waals surface area (Å²) in [5.74, 6) is 2.07. The molecule has 0 spiro atoms. The predicted octanol–water partition coefficient (Wildman–Crippen LogP) is 8.28. The largest absolute Gasteiger partial charge is 0.504 e. The van der Waals surface area contributed by atoms with Gasteiger partial charge in [-0.2, -0.15) is 0 Å². The average molecular weight is 1010 g/mol. The number of nitrogens with two attached hydrogens (primary N) is 1. The second-order valence-corrected chi connectivity index (χ2v) is 15.5. The third-order valence-corrected chi connectivity index (χ3v) is 9.75. The Bertz CT molecular complexity index is 2490. The Kier molecular flexibility index (Phi) is 22.4. The molecule has 0 saturated carbocycles. The predicted molar refractivity (Wildman–Crippen MR) is 259 cm³/mol. The van der Waals surface area contributed by atoms with Gasteiger partial charge in [-0.3, -0.25) is 28.8 Å². The molecular weight excluding hydrogens is 957 g/mol. The van der Waals surface area contributed by atoms with Crippen molar-refractivity contribution >= 4 is 74.1 Å². The van der Waals surface area contributed by atoms with Crippen LogP contribution in [-0.2, 0) is 41.6 Å². The number of rotatable bonds is 15. The smallest absolute Gasteiger partial charge is 0.231 e. The fourth-order valence-electron chi connectivity index (χ4n) is 6.00. The van der Waals surface area contributed by atoms with E-state index in [9.17, 15) is 49.2 Å². The molecule has 2 amide bonds. The molecule has 0 aromatic heterocycles. The van der Waals surface area contributed by atoms with E-state index < -0.39 is 16.4 Å². The van der Waals surface area contributed by atoms with Gasteiger partial charge in [0.05, 0.1) is 0 Å². The van der Waals surface area contributed by atoms with E-state index in [1.807, 2.05) is 6.07 Å². The number of nitrogen functional groups attached to an aromatic ring is 1. The summed E-state index contributed by atoms with van der Waals surface area (Å²) in [5.41, 5.74) is 8.50. The highest BCUT2D eigenvalue weighted by Gasteiger charge is 2.18. The van der Waals surface area contributed by atoms with Gasteiger partial charge in [0.2, 0.25) is 42.7 Å². The molecule has 8 rings (SSSR count). The number of benzene rings is 5. The summed E-state index contributed by atoms with van der Waals surface area (Å²) in [6.45, 7) is 0.687. The Labute approximate surface area is 412 Å². The number of carbonyl (C=O) groups is 6. The van der Waals surface area contributed by atoms with Crippen LogP contribution in [0.15, 0.2) is 91.0 Å². The van der Waals surface area contributed by atoms with E-state index >= 15 is 0 Å². The van der Waals surface area contributed by atoms with Crippen LogP contribution in [0.3, 0.4) is 0 Å². The van der Waals surface area contributed by atoms with E-state index in [0.29, 0.717) is 52.4 Å². The lowest BCUT2D eigenvalue weighted by molar-refractivity contribution is -0.122. The van der Waals surface area contributed by atoms with Gasteiger partial charge in [-0.1, -0.05) is 27.0 Å². The standard InChI is InChI=1S/C19H17NO6.C17H17NO6.C7H7NO2.C4H4Cl2O2.2CH4/c21-14(7-12-1-4-15-17(8-12)25-10-23-15)3-6-19(22)20-13-2-5-16-18(9-13)26-11-24-16;19-12(7-10-1-4-13(20)15(22)8-10)3-6-17(24)18-11-2-5-14(21)16(23)9-11;8-5-1-2-6-7(3-5)10-4-9-6;5-3(7)1-2-4(6)8;;/h1-2,4-5,8-9H,3,6-7,10-11H2,(H,20,22);1-2,4-5,8-9,20-23H,3,6-7H2,(H,18,24);1-3H,4,8H2;1-2H2;2*1H4. The number of nitrogens with one attached hydrogen (secondary N) is 2. The third kappa shape index (κ3) is 18.6. The molecule has 3 aliphatic rings. The Morgan fingerprint density at radius 1 is 0.443 bits per heavy atom. The molecule has 19 nitrogen and oxygen atoms in total. The van der Waals surface area contributed by atoms with Crippen molar-refractivity contribution < 1.29 is 77.6 Å². The zero-order valence-electron chi connectivity index (χ0n) is 36.0. The number of amides is 2. The van der Waals surface area contributed by atoms with Crippen LogP contribution in [0.2, 0.25) is 0 Å². The molecule has 8 N–H and O–H groups in total. The van der Waals surface area contributed by atoms with Crippen LogP contribution in [0.25, 0.3) is 0 Å². The van der Waals surface area contributed by atoms with Gasteiger partial charge in [-0.05, 0) is 95.0 Å². The minimum atomic E-state index is -0.529. The van der Waals surface area contributed by atoms with Crippen LogP contribution >= 0.6 is 23.2 Å². The van der Waals surface area contributed by atoms with Crippen molar-refractivity contribution in [1.82, 2.24) is 0 Å². The van der Waals surface area contributed by atoms with Crippen molar-refractivity contribution in [3.63, 3.8) is 0 Å². The maximum Gasteiger partial charge on any atom is 0.231 e. The number of hydrogen-bond donors (Lipinski definition) is 7. The van der Waals surface area contributed by atoms with Crippen LogP contribution in [0.1, 0.15) is 64.5 Å². The molecule has 5 aromatic rings. The van der Waals surface area contributed by atoms with E-state index in [1.165, 1.54) is 36.4 Å². The molecule has 0 radical (unpaired) electrons. The molecule has 21 heteroatoms. The highest BCUT2D eigenvalue weighted by molar-refractivity contribution is 6.66. The van der Waals surface area contributed by atoms with Gasteiger partial charge < -0.3 is 65.2 Å². The molecular formula is C49H53Cl2N3O16. The van der Waals surface area contributed by atoms with Crippen molar-refractivity contribution in [1.29, 1.82) is 0 Å². The average Bonchev–Trinajstić information content (AvgIpc) is 4.09. The summed E-state index contributed by atoms with van der Waals surface area (Å²) >= 11 is 9.74. The first-order valence-electron chi connectivity index (χ1n) is 20.5. The zero-order valence-corrected chi connectivity index (χ0v) is 37.5. The Morgan fingerprint density at radius 3 is 1.33 bits per heavy atom. The van der Waals surface area contributed by atoms with Gasteiger partial charge in [0.25, 0.3) is 0 Å². The Morgan fingerprint density at radius 2 is 0.829 bits per heavy atom. The number of halogens is 2. The van der Waals surface area contributed by atoms with Gasteiger partial charge in [0, 0.05) is 86.6 Å². The number of carbonyl (C=O) groups excluding carboxylic acids is 6. The second kappa shape index (κ2) is 27.8. The first-order chi connectivity index (χ1) is 32.5. The van der Waals surface area contributed by atoms with Gasteiger partial charge in [0.15, 0.2) is 57.5 Å². The maximum absolute atomic E-state index is 12.1. The number of aromatic hydroxyl groups is 4. The Balaban J connectivity index is 0.000000270. The van der Waals surface area contributed by atoms with E-state index in [2.05, 4.69) is 10.6 Å². The van der Waals surface area contributed by atoms with Crippen LogP contribution in [-0.4, -0.2) is 74.7 Å². The third-order valence-electron chi connectivity index (χ3n) is 9.37. The van der Waals surface area contributed by atoms with E-state index in [4.69, 9.17) is 57.4 Å². The monoisotopic (exact) mass is 1010 g/mol. The molecule has 0 unspecified atom stereocenters. The van der Waals surface area contributed by atoms with Gasteiger partial charge >= 0.3 is 0 Å². The SMILES string of the molecule is C.C.Nc1ccc2c(c1)OCO2.O=C(CCC(=O)Nc1ccc(O)c(O)c1)Cc1ccc(O)c(O)c1.O=C(CCC(=O)Nc1ccc2c(c1)OCO2)Cc1ccc2c(c1)OCO2.O=C(Cl)CCC(=O)Cl. The Hall–Kier alpha value is -7.90. The lowest BCUT2D eigenvalue weighted by atomic mass is 10.0. The number of phenolic OH excluding ortho intramolecular Hbond substituents is 4. The van der Waals surface area contributed by atoms with Crippen molar-refractivity contribution in [2.24, 2.45) is 0 Å². The minimum absolute atomic E-state index is 0. The summed E-state index contributed by atoms with van der Waals surface area (Å²) in [6, 6.07) is 23.9. The van der Waals surface area contributed by atoms with Crippen molar-refractivity contribution in [3.8, 4) is 57.5 Å². The lowest BCUT2D eigenvalue weighted by Crippen LogP contribution is -2.14. The fourth-order valence-corrected chi connectivity index (χ4v) is 6.19. The van der Waals surface area contributed by atoms with Gasteiger partial charge in [-0.15, -0.1) is 0 Å². The summed E-state index contributed by atoms with van der Waals surface area (Å²) < 4.78 is 31.2. The number of ether oxygens (including phenoxy) is 6. The number of phenols is 4. The molecule has 374 valence electrons. The maximum atomic E-state index is 12.1. The van der Waals surface area contributed by atoms with Crippen LogP contribution in [0.4, 0.5) is 17.1 Å². The molecule has 0 fully saturated rings. The number of hydrogen-bond acceptors (Lipinski definition) is 17. The number of fused-ring (bicyclic) bond motifs is 3. The molecule has 0 atom stereocenters. The molecule has 3 heterocycles. The van der Waals surface area contributed by atoms with Gasteiger partial charge in [-0.25, -0.2) is 0 Å². The topological polar surface area (TPSA) is 289 Å². The first-order valence-corrected chi connectivity index (χ1v) is 21.2. The van der Waals surface area contributed by atoms with Crippen LogP contribution in [0.5, 0.6) is 57.5 Å². The second-order valence-electron chi connectivity index (χ2n) is 14.6. The van der Waals surface area contributed by atoms with Crippen LogP contribution in [0, 0.1) is 0 Å². The first kappa shape index (κ1) is 56.4. The number of ketones is 2. The number of anilines is 3. The summed E-state index contributed by atoms with van der Waals surface area (Å²) in [7, 11) is 0. The lowest BCUT2D eigenvalue weighted by Gasteiger charge is -2.07. The van der Waals surface area contributed by atoms with Gasteiger partial charge in [0.1, 0.15) is 11.6 Å². The highest BCUT2D eigenvalue weighted by Crippen LogP contribution is 2.36. The quantitative estimate of drug-likeness (QED) is 0.0225. The van der Waals surface area contributed by atoms with Crippen LogP contribution < -0.4 is 44.8 Å². The highest BCUT2D eigenvalue weighted by atomic mass is 35.5. The number of Topliss-reactive ketones (excluding diaryl/α,β-unsaturated/α-hetero) is 2. The fraction of sp³-hybridized carbons (Fsp3) is 0.265. The van der Waals surface area contributed by atoms with Crippen molar-refractivity contribution in [3.05, 3.63) is 102 Å². The molecule has 5 aromatic carbocycles. The molecule has 0 aliphatic carbocycles.